The Hall–Kier alpha value is -2.56. The molecule has 0 radical (unpaired) electrons. The van der Waals surface area contributed by atoms with Crippen LogP contribution in [0.1, 0.15) is 44.6 Å². The van der Waals surface area contributed by atoms with Crippen molar-refractivity contribution >= 4 is 22.7 Å². The van der Waals surface area contributed by atoms with Crippen LogP contribution in [0.3, 0.4) is 0 Å². The quantitative estimate of drug-likeness (QED) is 0.496. The molecular weight excluding hydrogens is 332 g/mol. The summed E-state index contributed by atoms with van der Waals surface area (Å²) in [6.07, 6.45) is 2.90. The van der Waals surface area contributed by atoms with E-state index in [9.17, 15) is 9.59 Å². The molecule has 5 nitrogen and oxygen atoms in total. The van der Waals surface area contributed by atoms with Crippen molar-refractivity contribution in [2.24, 2.45) is 0 Å². The molecule has 1 unspecified atom stereocenters. The third-order valence-corrected chi connectivity index (χ3v) is 4.27. The lowest BCUT2D eigenvalue weighted by atomic mass is 9.98. The molecule has 0 saturated carbocycles. The number of hydrogen-bond acceptors (Lipinski definition) is 5. The van der Waals surface area contributed by atoms with Gasteiger partial charge in [-0.1, -0.05) is 44.0 Å². The summed E-state index contributed by atoms with van der Waals surface area (Å²) in [5.41, 5.74) is 0.837. The average molecular weight is 358 g/mol. The summed E-state index contributed by atoms with van der Waals surface area (Å²) >= 11 is 0. The maximum absolute atomic E-state index is 12.2. The topological polar surface area (TPSA) is 61.8 Å². The number of hydrogen-bond donors (Lipinski definition) is 0. The number of ether oxygens (including phenoxy) is 3. The van der Waals surface area contributed by atoms with Gasteiger partial charge in [0.05, 0.1) is 19.6 Å². The molecule has 0 aliphatic rings. The molecule has 0 spiro atoms. The summed E-state index contributed by atoms with van der Waals surface area (Å²) in [6, 6.07) is 11.5. The molecule has 0 amide bonds. The lowest BCUT2D eigenvalue weighted by Crippen LogP contribution is -2.20. The summed E-state index contributed by atoms with van der Waals surface area (Å²) in [6.45, 7) is 3.86. The Labute approximate surface area is 154 Å². The Morgan fingerprint density at radius 2 is 1.73 bits per heavy atom. The minimum atomic E-state index is -0.507. The van der Waals surface area contributed by atoms with Gasteiger partial charge >= 0.3 is 11.9 Å². The highest BCUT2D eigenvalue weighted by Crippen LogP contribution is 2.25. The highest BCUT2D eigenvalue weighted by atomic mass is 16.6. The normalized spacial score (nSPS) is 11.8. The molecule has 26 heavy (non-hydrogen) atoms. The van der Waals surface area contributed by atoms with Crippen LogP contribution in [-0.4, -0.2) is 32.3 Å². The predicted octanol–water partition coefficient (Wildman–Crippen LogP) is 4.23. The molecule has 0 aliphatic carbocycles. The molecule has 0 bridgehead atoms. The van der Waals surface area contributed by atoms with Crippen LogP contribution in [0.15, 0.2) is 36.4 Å². The summed E-state index contributed by atoms with van der Waals surface area (Å²) in [5, 5.41) is 2.04. The lowest BCUT2D eigenvalue weighted by Gasteiger charge is -2.13. The molecule has 1 atom stereocenters. The van der Waals surface area contributed by atoms with Gasteiger partial charge in [-0.2, -0.15) is 0 Å². The van der Waals surface area contributed by atoms with Crippen molar-refractivity contribution in [2.75, 3.05) is 20.3 Å². The number of fused-ring (bicyclic) bond motifs is 1. The van der Waals surface area contributed by atoms with Crippen LogP contribution in [0.4, 0.5) is 0 Å². The SMILES string of the molecule is CCCCCOC(=O)COC(=O)C(C)c1ccc2cc(OC)ccc2c1. The Balaban J connectivity index is 1.91. The Bertz CT molecular complexity index is 753. The van der Waals surface area contributed by atoms with E-state index in [4.69, 9.17) is 14.2 Å². The highest BCUT2D eigenvalue weighted by Gasteiger charge is 2.19. The van der Waals surface area contributed by atoms with Crippen LogP contribution in [0, 0.1) is 0 Å². The minimum Gasteiger partial charge on any atom is -0.497 e. The lowest BCUT2D eigenvalue weighted by molar-refractivity contribution is -0.159. The van der Waals surface area contributed by atoms with Crippen LogP contribution in [-0.2, 0) is 19.1 Å². The Kier molecular flexibility index (Phi) is 7.45. The zero-order valence-electron chi connectivity index (χ0n) is 15.6. The zero-order valence-corrected chi connectivity index (χ0v) is 15.6. The molecule has 0 aromatic heterocycles. The van der Waals surface area contributed by atoms with E-state index in [2.05, 4.69) is 6.92 Å². The molecule has 2 aromatic carbocycles. The van der Waals surface area contributed by atoms with Gasteiger partial charge in [-0.15, -0.1) is 0 Å². The van der Waals surface area contributed by atoms with Crippen molar-refractivity contribution in [3.05, 3.63) is 42.0 Å². The van der Waals surface area contributed by atoms with Crippen LogP contribution in [0.2, 0.25) is 0 Å². The fourth-order valence-electron chi connectivity index (χ4n) is 2.61. The summed E-state index contributed by atoms with van der Waals surface area (Å²) in [5.74, 6) is -0.625. The maximum Gasteiger partial charge on any atom is 0.344 e. The van der Waals surface area contributed by atoms with Crippen molar-refractivity contribution in [3.63, 3.8) is 0 Å². The number of carbonyl (C=O) groups is 2. The standard InChI is InChI=1S/C21H26O5/c1-4-5-6-11-25-20(22)14-26-21(23)15(2)16-7-8-18-13-19(24-3)10-9-17(18)12-16/h7-10,12-13,15H,4-6,11,14H2,1-3H3. The van der Waals surface area contributed by atoms with E-state index in [1.807, 2.05) is 36.4 Å². The van der Waals surface area contributed by atoms with Gasteiger partial charge in [-0.3, -0.25) is 4.79 Å². The minimum absolute atomic E-state index is 0.347. The van der Waals surface area contributed by atoms with Crippen LogP contribution in [0.5, 0.6) is 5.75 Å². The molecule has 2 aromatic rings. The number of esters is 2. The molecule has 0 N–H and O–H groups in total. The van der Waals surface area contributed by atoms with Crippen LogP contribution >= 0.6 is 0 Å². The maximum atomic E-state index is 12.2. The number of unbranched alkanes of at least 4 members (excludes halogenated alkanes) is 2. The fraction of sp³-hybridized carbons (Fsp3) is 0.429. The summed E-state index contributed by atoms with van der Waals surface area (Å²) in [4.78, 5) is 23.8. The summed E-state index contributed by atoms with van der Waals surface area (Å²) in [7, 11) is 1.63. The van der Waals surface area contributed by atoms with Gasteiger partial charge in [-0.05, 0) is 41.8 Å². The van der Waals surface area contributed by atoms with Crippen molar-refractivity contribution in [1.82, 2.24) is 0 Å². The van der Waals surface area contributed by atoms with Gasteiger partial charge in [0.2, 0.25) is 0 Å². The first-order valence-electron chi connectivity index (χ1n) is 8.95. The third kappa shape index (κ3) is 5.48. The molecule has 0 aliphatic heterocycles. The average Bonchev–Trinajstić information content (AvgIpc) is 2.67. The second-order valence-electron chi connectivity index (χ2n) is 6.23. The first-order valence-corrected chi connectivity index (χ1v) is 8.95. The molecule has 0 heterocycles. The van der Waals surface area contributed by atoms with E-state index in [0.717, 1.165) is 41.3 Å². The van der Waals surface area contributed by atoms with Gasteiger partial charge in [0.15, 0.2) is 6.61 Å². The van der Waals surface area contributed by atoms with Gasteiger partial charge in [-0.25, -0.2) is 4.79 Å². The first-order chi connectivity index (χ1) is 12.5. The number of carbonyl (C=O) groups excluding carboxylic acids is 2. The number of methoxy groups -OCH3 is 1. The zero-order chi connectivity index (χ0) is 18.9. The second kappa shape index (κ2) is 9.80. The fourth-order valence-corrected chi connectivity index (χ4v) is 2.61. The Morgan fingerprint density at radius 3 is 2.46 bits per heavy atom. The van der Waals surface area contributed by atoms with Crippen LogP contribution < -0.4 is 4.74 Å². The van der Waals surface area contributed by atoms with Gasteiger partial charge in [0, 0.05) is 0 Å². The molecule has 2 rings (SSSR count). The van der Waals surface area contributed by atoms with E-state index in [1.54, 1.807) is 14.0 Å². The smallest absolute Gasteiger partial charge is 0.344 e. The van der Waals surface area contributed by atoms with Crippen molar-refractivity contribution in [2.45, 2.75) is 39.0 Å². The Morgan fingerprint density at radius 1 is 1.00 bits per heavy atom. The molecule has 140 valence electrons. The molecular formula is C21H26O5. The molecule has 0 saturated heterocycles. The molecule has 5 heteroatoms. The third-order valence-electron chi connectivity index (χ3n) is 4.27. The van der Waals surface area contributed by atoms with Crippen molar-refractivity contribution < 1.29 is 23.8 Å². The van der Waals surface area contributed by atoms with E-state index in [-0.39, 0.29) is 6.61 Å². The van der Waals surface area contributed by atoms with E-state index in [0.29, 0.717) is 6.61 Å². The predicted molar refractivity (Wildman–Crippen MR) is 100 cm³/mol. The monoisotopic (exact) mass is 358 g/mol. The van der Waals surface area contributed by atoms with Crippen LogP contribution in [0.25, 0.3) is 10.8 Å². The molecule has 0 fully saturated rings. The first kappa shape index (κ1) is 19.8. The van der Waals surface area contributed by atoms with E-state index in [1.165, 1.54) is 0 Å². The van der Waals surface area contributed by atoms with Gasteiger partial charge in [0.25, 0.3) is 0 Å². The van der Waals surface area contributed by atoms with E-state index < -0.39 is 17.9 Å². The van der Waals surface area contributed by atoms with Gasteiger partial charge < -0.3 is 14.2 Å². The van der Waals surface area contributed by atoms with Gasteiger partial charge in [0.1, 0.15) is 5.75 Å². The van der Waals surface area contributed by atoms with Crippen molar-refractivity contribution in [3.8, 4) is 5.75 Å². The highest BCUT2D eigenvalue weighted by molar-refractivity contribution is 5.87. The van der Waals surface area contributed by atoms with E-state index >= 15 is 0 Å². The number of rotatable bonds is 9. The number of benzene rings is 2. The summed E-state index contributed by atoms with van der Waals surface area (Å²) < 4.78 is 15.3. The largest absolute Gasteiger partial charge is 0.497 e. The van der Waals surface area contributed by atoms with Crippen molar-refractivity contribution in [1.29, 1.82) is 0 Å². The second-order valence-corrected chi connectivity index (χ2v) is 6.23.